The normalized spacial score (nSPS) is 13.0. The summed E-state index contributed by atoms with van der Waals surface area (Å²) in [5.74, 6) is -6.45. The van der Waals surface area contributed by atoms with Crippen LogP contribution < -0.4 is 5.32 Å². The molecule has 0 saturated heterocycles. The van der Waals surface area contributed by atoms with Crippen molar-refractivity contribution >= 4 is 29.5 Å². The number of rotatable bonds is 17. The number of anilines is 1. The molecule has 248 valence electrons. The van der Waals surface area contributed by atoms with Crippen LogP contribution >= 0.6 is 0 Å². The number of nitrogens with zero attached hydrogens (tertiary/aromatic N) is 1. The predicted molar refractivity (Wildman–Crippen MR) is 169 cm³/mol. The number of benzene rings is 2. The van der Waals surface area contributed by atoms with E-state index in [1.165, 1.54) is 23.6 Å². The molecule has 3 atom stereocenters. The summed E-state index contributed by atoms with van der Waals surface area (Å²) in [7, 11) is 0. The molecular weight excluding hydrogens is 596 g/mol. The van der Waals surface area contributed by atoms with Crippen LogP contribution in [0.1, 0.15) is 61.0 Å². The zero-order valence-electron chi connectivity index (χ0n) is 26.3. The molecule has 0 aliphatic heterocycles. The van der Waals surface area contributed by atoms with Gasteiger partial charge >= 0.3 is 17.9 Å². The van der Waals surface area contributed by atoms with E-state index in [9.17, 15) is 39.6 Å². The van der Waals surface area contributed by atoms with Gasteiger partial charge in [-0.05, 0) is 69.0 Å². The minimum Gasteiger partial charge on any atom is -0.494 e. The molecule has 5 N–H and O–H groups in total. The number of aliphatic hydroxyl groups is 1. The van der Waals surface area contributed by atoms with Gasteiger partial charge in [0.2, 0.25) is 11.8 Å². The van der Waals surface area contributed by atoms with Gasteiger partial charge in [0.25, 0.3) is 5.91 Å². The van der Waals surface area contributed by atoms with Gasteiger partial charge in [0, 0.05) is 22.4 Å². The number of hydrogen-bond donors (Lipinski definition) is 5. The number of carboxylic acid groups (broad SMARTS) is 1. The van der Waals surface area contributed by atoms with Gasteiger partial charge in [-0.15, -0.1) is 0 Å². The van der Waals surface area contributed by atoms with Gasteiger partial charge < -0.3 is 35.2 Å². The fourth-order valence-corrected chi connectivity index (χ4v) is 5.05. The second-order valence-electron chi connectivity index (χ2n) is 11.2. The monoisotopic (exact) mass is 638 g/mol. The van der Waals surface area contributed by atoms with E-state index in [0.717, 1.165) is 6.42 Å². The van der Waals surface area contributed by atoms with E-state index < -0.39 is 42.3 Å². The van der Waals surface area contributed by atoms with Crippen LogP contribution in [0.4, 0.5) is 5.69 Å². The van der Waals surface area contributed by atoms with Crippen molar-refractivity contribution in [3.63, 3.8) is 0 Å². The van der Waals surface area contributed by atoms with Crippen LogP contribution in [0.15, 0.2) is 54.6 Å². The third-order valence-corrected chi connectivity index (χ3v) is 7.72. The molecule has 2 aromatic carbocycles. The Balaban J connectivity index is 1.90. The Morgan fingerprint density at radius 1 is 0.870 bits per heavy atom. The van der Waals surface area contributed by atoms with E-state index in [1.54, 1.807) is 43.3 Å². The third-order valence-electron chi connectivity index (χ3n) is 7.72. The molecule has 1 amide bonds. The summed E-state index contributed by atoms with van der Waals surface area (Å²) in [6.07, 6.45) is 0.990. The Hall–Kier alpha value is -4.84. The van der Waals surface area contributed by atoms with Crippen molar-refractivity contribution in [2.45, 2.75) is 52.9 Å². The van der Waals surface area contributed by atoms with Crippen LogP contribution in [0.5, 0.6) is 11.8 Å². The van der Waals surface area contributed by atoms with Gasteiger partial charge in [-0.25, -0.2) is 0 Å². The lowest BCUT2D eigenvalue weighted by Gasteiger charge is -2.23. The first-order chi connectivity index (χ1) is 22.0. The Bertz CT molecular complexity index is 1480. The highest BCUT2D eigenvalue weighted by atomic mass is 16.5. The molecule has 0 fully saturated rings. The first-order valence-electron chi connectivity index (χ1n) is 15.2. The van der Waals surface area contributed by atoms with Crippen LogP contribution in [-0.4, -0.2) is 68.6 Å². The minimum atomic E-state index is -1.11. The smallest absolute Gasteiger partial charge is 0.309 e. The molecule has 46 heavy (non-hydrogen) atoms. The molecule has 3 aromatic rings. The second-order valence-corrected chi connectivity index (χ2v) is 11.2. The average Bonchev–Trinajstić information content (AvgIpc) is 3.25. The SMILES string of the molecule is CCCCOC(=O)C(CC(C)C(=O)O)CC(Cc1c(C)c(O)n(-c2ccc(C(=O)Nc3ccccc3)cc2)c1O)C(=O)OCCO. The van der Waals surface area contributed by atoms with Crippen molar-refractivity contribution in [2.75, 3.05) is 25.1 Å². The number of amides is 1. The number of nitrogens with one attached hydrogen (secondary N) is 1. The maximum absolute atomic E-state index is 13.2. The maximum Gasteiger partial charge on any atom is 0.309 e. The lowest BCUT2D eigenvalue weighted by atomic mass is 9.84. The minimum absolute atomic E-state index is 0.0918. The van der Waals surface area contributed by atoms with Crippen molar-refractivity contribution in [1.29, 1.82) is 0 Å². The summed E-state index contributed by atoms with van der Waals surface area (Å²) >= 11 is 0. The Morgan fingerprint density at radius 3 is 2.11 bits per heavy atom. The molecule has 1 aromatic heterocycles. The molecular formula is C34H42N2O10. The quantitative estimate of drug-likeness (QED) is 0.103. The second kappa shape index (κ2) is 17.0. The summed E-state index contributed by atoms with van der Waals surface area (Å²) in [6, 6.07) is 15.1. The fraction of sp³-hybridized carbons (Fsp3) is 0.412. The molecule has 0 bridgehead atoms. The maximum atomic E-state index is 13.2. The fourth-order valence-electron chi connectivity index (χ4n) is 5.05. The average molecular weight is 639 g/mol. The Kier molecular flexibility index (Phi) is 13.2. The van der Waals surface area contributed by atoms with Crippen LogP contribution in [-0.2, 0) is 30.3 Å². The lowest BCUT2D eigenvalue weighted by molar-refractivity contribution is -0.154. The highest BCUT2D eigenvalue weighted by molar-refractivity contribution is 6.04. The third kappa shape index (κ3) is 9.33. The van der Waals surface area contributed by atoms with Gasteiger partial charge in [-0.3, -0.25) is 23.7 Å². The van der Waals surface area contributed by atoms with Crippen LogP contribution in [0.2, 0.25) is 0 Å². The van der Waals surface area contributed by atoms with Crippen LogP contribution in [0, 0.1) is 24.7 Å². The molecule has 0 radical (unpaired) electrons. The number of aromatic nitrogens is 1. The number of carboxylic acids is 1. The van der Waals surface area contributed by atoms with Gasteiger partial charge in [-0.1, -0.05) is 38.5 Å². The molecule has 3 unspecified atom stereocenters. The molecule has 0 aliphatic rings. The zero-order valence-corrected chi connectivity index (χ0v) is 26.3. The van der Waals surface area contributed by atoms with E-state index in [0.29, 0.717) is 23.4 Å². The van der Waals surface area contributed by atoms with E-state index >= 15 is 0 Å². The topological polar surface area (TPSA) is 185 Å². The summed E-state index contributed by atoms with van der Waals surface area (Å²) in [5, 5.41) is 43.8. The number of unbranched alkanes of at least 4 members (excludes halogenated alkanes) is 1. The lowest BCUT2D eigenvalue weighted by Crippen LogP contribution is -2.30. The highest BCUT2D eigenvalue weighted by Crippen LogP contribution is 2.39. The number of aliphatic hydroxyl groups excluding tert-OH is 1. The standard InChI is InChI=1S/C34H42N2O10/c1-4-5-16-45-33(43)24(18-21(2)32(41)42)19-25(34(44)46-17-15-37)20-28-22(3)30(39)36(31(28)40)27-13-11-23(12-14-27)29(38)35-26-9-7-6-8-10-26/h6-14,21,24-25,37,39-40H,4-5,15-20H2,1-3H3,(H,35,38)(H,41,42). The number of aliphatic carboxylic acids is 1. The number of hydrogen-bond acceptors (Lipinski definition) is 9. The summed E-state index contributed by atoms with van der Waals surface area (Å²) < 4.78 is 11.7. The van der Waals surface area contributed by atoms with Gasteiger partial charge in [-0.2, -0.15) is 0 Å². The zero-order chi connectivity index (χ0) is 33.8. The summed E-state index contributed by atoms with van der Waals surface area (Å²) in [5.41, 5.74) is 1.78. The van der Waals surface area contributed by atoms with Gasteiger partial charge in [0.1, 0.15) is 6.61 Å². The first-order valence-corrected chi connectivity index (χ1v) is 15.2. The van der Waals surface area contributed by atoms with Crippen molar-refractivity contribution in [3.8, 4) is 17.4 Å². The molecule has 1 heterocycles. The number of carbonyl (C=O) groups is 4. The molecule has 0 spiro atoms. The molecule has 0 aliphatic carbocycles. The predicted octanol–water partition coefficient (Wildman–Crippen LogP) is 4.60. The van der Waals surface area contributed by atoms with Crippen LogP contribution in [0.3, 0.4) is 0 Å². The van der Waals surface area contributed by atoms with Crippen LogP contribution in [0.25, 0.3) is 5.69 Å². The number of para-hydroxylation sites is 1. The molecule has 12 heteroatoms. The number of ether oxygens (including phenoxy) is 2. The van der Waals surface area contributed by atoms with E-state index in [4.69, 9.17) is 9.47 Å². The molecule has 0 saturated carbocycles. The number of carbonyl (C=O) groups excluding carboxylic acids is 3. The summed E-state index contributed by atoms with van der Waals surface area (Å²) in [4.78, 5) is 50.5. The van der Waals surface area contributed by atoms with Gasteiger partial charge in [0.05, 0.1) is 36.7 Å². The highest BCUT2D eigenvalue weighted by Gasteiger charge is 2.34. The Labute approximate surface area is 267 Å². The summed E-state index contributed by atoms with van der Waals surface area (Å²) in [6.45, 7) is 4.36. The molecule has 12 nitrogen and oxygen atoms in total. The van der Waals surface area contributed by atoms with Gasteiger partial charge in [0.15, 0.2) is 0 Å². The van der Waals surface area contributed by atoms with Crippen molar-refractivity contribution in [1.82, 2.24) is 4.57 Å². The number of esters is 2. The first kappa shape index (κ1) is 35.6. The number of aromatic hydroxyl groups is 2. The molecule has 3 rings (SSSR count). The van der Waals surface area contributed by atoms with E-state index in [2.05, 4.69) is 5.32 Å². The van der Waals surface area contributed by atoms with E-state index in [-0.39, 0.29) is 61.3 Å². The van der Waals surface area contributed by atoms with Crippen molar-refractivity contribution < 1.29 is 49.1 Å². The van der Waals surface area contributed by atoms with Crippen molar-refractivity contribution in [3.05, 3.63) is 71.3 Å². The van der Waals surface area contributed by atoms with Crippen molar-refractivity contribution in [2.24, 2.45) is 17.8 Å². The largest absolute Gasteiger partial charge is 0.494 e. The van der Waals surface area contributed by atoms with E-state index in [1.807, 2.05) is 13.0 Å². The Morgan fingerprint density at radius 2 is 1.50 bits per heavy atom.